The van der Waals surface area contributed by atoms with Gasteiger partial charge in [0, 0.05) is 28.6 Å². The highest BCUT2D eigenvalue weighted by molar-refractivity contribution is 6.00. The molecule has 2 heterocycles. The van der Waals surface area contributed by atoms with Gasteiger partial charge >= 0.3 is 0 Å². The van der Waals surface area contributed by atoms with Crippen molar-refractivity contribution in [2.24, 2.45) is 11.1 Å². The third-order valence-electron chi connectivity index (χ3n) is 8.10. The number of aromatic nitrogens is 1. The van der Waals surface area contributed by atoms with Crippen LogP contribution in [0, 0.1) is 5.41 Å². The second-order valence-corrected chi connectivity index (χ2v) is 9.84. The molecule has 2 atom stereocenters. The van der Waals surface area contributed by atoms with E-state index in [1.807, 2.05) is 18.2 Å². The number of carbonyl (C=O) groups is 2. The molecule has 2 aliphatic carbocycles. The minimum atomic E-state index is -0.421. The van der Waals surface area contributed by atoms with Gasteiger partial charge < -0.3 is 19.8 Å². The van der Waals surface area contributed by atoms with Gasteiger partial charge in [0.15, 0.2) is 0 Å². The molecule has 0 radical (unpaired) electrons. The summed E-state index contributed by atoms with van der Waals surface area (Å²) in [6.45, 7) is 0.638. The van der Waals surface area contributed by atoms with E-state index in [1.54, 1.807) is 7.11 Å². The third kappa shape index (κ3) is 2.70. The Morgan fingerprint density at radius 1 is 1.16 bits per heavy atom. The standard InChI is InChI=1S/C27H28N2O3/c1-32-18-8-10-19-21(12-18)22-13-27(22,15-30)14-29-23-11-17(26(28)31)7-9-20(23)24(25(19)29)16-5-3-2-4-6-16/h7-12,15-16,22H,2-6,13-14H2,1H3,(H2,28,31). The summed E-state index contributed by atoms with van der Waals surface area (Å²) in [5.74, 6) is 1.10. The van der Waals surface area contributed by atoms with Crippen molar-refractivity contribution < 1.29 is 14.3 Å². The van der Waals surface area contributed by atoms with E-state index >= 15 is 0 Å². The maximum atomic E-state index is 12.4. The number of ether oxygens (including phenoxy) is 1. The van der Waals surface area contributed by atoms with E-state index in [0.717, 1.165) is 24.0 Å². The molecular weight excluding hydrogens is 400 g/mol. The number of primary amides is 1. The molecule has 2 unspecified atom stereocenters. The number of benzene rings is 2. The normalized spacial score (nSPS) is 24.2. The molecular formula is C27H28N2O3. The number of rotatable bonds is 4. The van der Waals surface area contributed by atoms with Gasteiger partial charge in [-0.15, -0.1) is 0 Å². The van der Waals surface area contributed by atoms with Crippen molar-refractivity contribution in [3.63, 3.8) is 0 Å². The van der Waals surface area contributed by atoms with Crippen LogP contribution >= 0.6 is 0 Å². The molecule has 1 aliphatic heterocycles. The first-order valence-electron chi connectivity index (χ1n) is 11.7. The van der Waals surface area contributed by atoms with Crippen molar-refractivity contribution in [2.75, 3.05) is 7.11 Å². The van der Waals surface area contributed by atoms with E-state index in [2.05, 4.69) is 22.8 Å². The fourth-order valence-electron chi connectivity index (χ4n) is 6.34. The largest absolute Gasteiger partial charge is 0.497 e. The van der Waals surface area contributed by atoms with Gasteiger partial charge in [0.05, 0.1) is 18.2 Å². The number of nitrogens with two attached hydrogens (primary N) is 1. The van der Waals surface area contributed by atoms with Crippen LogP contribution < -0.4 is 10.5 Å². The van der Waals surface area contributed by atoms with E-state index in [0.29, 0.717) is 18.0 Å². The van der Waals surface area contributed by atoms with Crippen molar-refractivity contribution in [3.05, 3.63) is 53.1 Å². The van der Waals surface area contributed by atoms with Crippen LogP contribution in [-0.4, -0.2) is 23.9 Å². The smallest absolute Gasteiger partial charge is 0.248 e. The van der Waals surface area contributed by atoms with Crippen molar-refractivity contribution in [2.45, 2.75) is 56.9 Å². The van der Waals surface area contributed by atoms with Crippen molar-refractivity contribution in [1.82, 2.24) is 4.57 Å². The van der Waals surface area contributed by atoms with Gasteiger partial charge in [-0.3, -0.25) is 4.79 Å². The number of amides is 1. The number of carbonyl (C=O) groups excluding carboxylic acids is 2. The van der Waals surface area contributed by atoms with Gasteiger partial charge in [0.2, 0.25) is 5.91 Å². The molecule has 1 amide bonds. The van der Waals surface area contributed by atoms with Gasteiger partial charge in [0.1, 0.15) is 12.0 Å². The zero-order valence-electron chi connectivity index (χ0n) is 18.4. The fraction of sp³-hybridized carbons (Fsp3) is 0.407. The number of hydrogen-bond acceptors (Lipinski definition) is 3. The summed E-state index contributed by atoms with van der Waals surface area (Å²) < 4.78 is 7.86. The van der Waals surface area contributed by atoms with E-state index in [1.165, 1.54) is 59.9 Å². The monoisotopic (exact) mass is 428 g/mol. The van der Waals surface area contributed by atoms with Gasteiger partial charge in [-0.2, -0.15) is 0 Å². The number of hydrogen-bond donors (Lipinski definition) is 1. The molecule has 0 spiro atoms. The van der Waals surface area contributed by atoms with Crippen molar-refractivity contribution in [3.8, 4) is 17.0 Å². The molecule has 0 bridgehead atoms. The van der Waals surface area contributed by atoms with Crippen LogP contribution in [-0.2, 0) is 11.3 Å². The number of methoxy groups -OCH3 is 1. The zero-order valence-corrected chi connectivity index (χ0v) is 18.4. The molecule has 3 aromatic rings. The van der Waals surface area contributed by atoms with Crippen LogP contribution in [0.2, 0.25) is 0 Å². The third-order valence-corrected chi connectivity index (χ3v) is 8.10. The number of fused-ring (bicyclic) bond motifs is 7. The maximum Gasteiger partial charge on any atom is 0.248 e. The van der Waals surface area contributed by atoms with Crippen LogP contribution in [0.4, 0.5) is 0 Å². The molecule has 2 saturated carbocycles. The van der Waals surface area contributed by atoms with E-state index in [-0.39, 0.29) is 5.92 Å². The van der Waals surface area contributed by atoms with Crippen LogP contribution in [0.5, 0.6) is 5.75 Å². The Kier molecular flexibility index (Phi) is 4.26. The minimum absolute atomic E-state index is 0.207. The Labute approximate surface area is 187 Å². The quantitative estimate of drug-likeness (QED) is 0.584. The lowest BCUT2D eigenvalue weighted by Crippen LogP contribution is -2.15. The van der Waals surface area contributed by atoms with Crippen LogP contribution in [0.25, 0.3) is 22.2 Å². The molecule has 5 heteroatoms. The minimum Gasteiger partial charge on any atom is -0.497 e. The molecule has 2 fully saturated rings. The Bertz CT molecular complexity index is 1270. The maximum absolute atomic E-state index is 12.4. The summed E-state index contributed by atoms with van der Waals surface area (Å²) in [6, 6.07) is 12.2. The van der Waals surface area contributed by atoms with Gasteiger partial charge in [0.25, 0.3) is 0 Å². The summed E-state index contributed by atoms with van der Waals surface area (Å²) in [4.78, 5) is 24.3. The first kappa shape index (κ1) is 19.6. The van der Waals surface area contributed by atoms with Crippen LogP contribution in [0.15, 0.2) is 36.4 Å². The Morgan fingerprint density at radius 2 is 1.97 bits per heavy atom. The lowest BCUT2D eigenvalue weighted by atomic mass is 9.81. The molecule has 2 N–H and O–H groups in total. The second kappa shape index (κ2) is 6.96. The summed E-state index contributed by atoms with van der Waals surface area (Å²) in [7, 11) is 1.69. The van der Waals surface area contributed by atoms with E-state index < -0.39 is 11.3 Å². The molecule has 0 saturated heterocycles. The highest BCUT2D eigenvalue weighted by Gasteiger charge is 2.58. The van der Waals surface area contributed by atoms with Crippen molar-refractivity contribution in [1.29, 1.82) is 0 Å². The molecule has 164 valence electrons. The summed E-state index contributed by atoms with van der Waals surface area (Å²) in [5, 5.41) is 1.19. The topological polar surface area (TPSA) is 74.3 Å². The predicted molar refractivity (Wildman–Crippen MR) is 124 cm³/mol. The fourth-order valence-corrected chi connectivity index (χ4v) is 6.34. The average molecular weight is 429 g/mol. The Hall–Kier alpha value is -3.08. The first-order chi connectivity index (χ1) is 15.6. The second-order valence-electron chi connectivity index (χ2n) is 9.84. The van der Waals surface area contributed by atoms with Gasteiger partial charge in [-0.25, -0.2) is 0 Å². The molecule has 2 aromatic carbocycles. The molecule has 6 rings (SSSR count). The first-order valence-corrected chi connectivity index (χ1v) is 11.7. The lowest BCUT2D eigenvalue weighted by Gasteiger charge is -2.24. The molecule has 5 nitrogen and oxygen atoms in total. The Morgan fingerprint density at radius 3 is 2.69 bits per heavy atom. The number of aldehydes is 1. The predicted octanol–water partition coefficient (Wildman–Crippen LogP) is 5.15. The Balaban J connectivity index is 1.70. The van der Waals surface area contributed by atoms with Gasteiger partial charge in [-0.1, -0.05) is 25.3 Å². The van der Waals surface area contributed by atoms with Crippen LogP contribution in [0.3, 0.4) is 0 Å². The van der Waals surface area contributed by atoms with Gasteiger partial charge in [-0.05, 0) is 72.6 Å². The SMILES string of the molecule is COc1ccc2c(c1)C1CC1(C=O)Cn1c-2c(C2CCCCC2)c2ccc(C(N)=O)cc21. The summed E-state index contributed by atoms with van der Waals surface area (Å²) >= 11 is 0. The number of nitrogens with zero attached hydrogens (tertiary/aromatic N) is 1. The van der Waals surface area contributed by atoms with Crippen molar-refractivity contribution >= 4 is 23.1 Å². The zero-order chi connectivity index (χ0) is 22.0. The molecule has 32 heavy (non-hydrogen) atoms. The molecule has 1 aromatic heterocycles. The molecule has 3 aliphatic rings. The van der Waals surface area contributed by atoms with E-state index in [9.17, 15) is 9.59 Å². The van der Waals surface area contributed by atoms with E-state index in [4.69, 9.17) is 10.5 Å². The lowest BCUT2D eigenvalue weighted by molar-refractivity contribution is -0.112. The highest BCUT2D eigenvalue weighted by atomic mass is 16.5. The summed E-state index contributed by atoms with van der Waals surface area (Å²) in [5.41, 5.74) is 11.8. The van der Waals surface area contributed by atoms with Crippen LogP contribution in [0.1, 0.15) is 71.8 Å². The average Bonchev–Trinajstić information content (AvgIpc) is 3.48. The highest BCUT2D eigenvalue weighted by Crippen LogP contribution is 2.64. The summed E-state index contributed by atoms with van der Waals surface area (Å²) in [6.07, 6.45) is 8.14.